The fourth-order valence-corrected chi connectivity index (χ4v) is 2.87. The molecule has 0 aromatic rings. The van der Waals surface area contributed by atoms with Crippen LogP contribution in [0.4, 0.5) is 0 Å². The van der Waals surface area contributed by atoms with Crippen molar-refractivity contribution in [1.29, 1.82) is 0 Å². The van der Waals surface area contributed by atoms with Crippen LogP contribution >= 0.6 is 15.9 Å². The maximum atomic E-state index is 3.82. The zero-order valence-corrected chi connectivity index (χ0v) is 11.0. The van der Waals surface area contributed by atoms with Crippen LogP contribution in [0.15, 0.2) is 0 Å². The molecule has 1 atom stereocenters. The van der Waals surface area contributed by atoms with Crippen LogP contribution in [-0.4, -0.2) is 17.4 Å². The van der Waals surface area contributed by atoms with E-state index in [1.165, 1.54) is 51.4 Å². The smallest absolute Gasteiger partial charge is 0.00749 e. The highest BCUT2D eigenvalue weighted by atomic mass is 79.9. The van der Waals surface area contributed by atoms with Crippen molar-refractivity contribution >= 4 is 15.9 Å². The second-order valence-corrected chi connectivity index (χ2v) is 5.23. The Balaban J connectivity index is 2.24. The SMILES string of the molecule is CCC(CCBr)NC1CCCCCC1. The van der Waals surface area contributed by atoms with Crippen molar-refractivity contribution in [2.24, 2.45) is 0 Å². The molecule has 0 saturated heterocycles. The minimum absolute atomic E-state index is 0.734. The van der Waals surface area contributed by atoms with Crippen molar-refractivity contribution < 1.29 is 0 Å². The molecular formula is C12H24BrN. The lowest BCUT2D eigenvalue weighted by molar-refractivity contribution is 0.380. The molecular weight excluding hydrogens is 238 g/mol. The molecule has 14 heavy (non-hydrogen) atoms. The van der Waals surface area contributed by atoms with E-state index in [2.05, 4.69) is 28.2 Å². The summed E-state index contributed by atoms with van der Waals surface area (Å²) in [6, 6.07) is 1.54. The van der Waals surface area contributed by atoms with Gasteiger partial charge in [-0.15, -0.1) is 0 Å². The average Bonchev–Trinajstić information content (AvgIpc) is 2.45. The molecule has 1 fully saturated rings. The zero-order chi connectivity index (χ0) is 10.2. The summed E-state index contributed by atoms with van der Waals surface area (Å²) in [5.41, 5.74) is 0. The molecule has 0 aliphatic heterocycles. The van der Waals surface area contributed by atoms with Gasteiger partial charge >= 0.3 is 0 Å². The molecule has 0 aromatic heterocycles. The zero-order valence-electron chi connectivity index (χ0n) is 9.40. The van der Waals surface area contributed by atoms with Crippen molar-refractivity contribution in [2.75, 3.05) is 5.33 Å². The fourth-order valence-electron chi connectivity index (χ4n) is 2.32. The second-order valence-electron chi connectivity index (χ2n) is 4.44. The van der Waals surface area contributed by atoms with E-state index >= 15 is 0 Å². The van der Waals surface area contributed by atoms with Crippen LogP contribution in [-0.2, 0) is 0 Å². The van der Waals surface area contributed by atoms with Crippen LogP contribution in [0.2, 0.25) is 0 Å². The Kier molecular flexibility index (Phi) is 6.88. The van der Waals surface area contributed by atoms with E-state index in [1.54, 1.807) is 0 Å². The Morgan fingerprint density at radius 2 is 1.86 bits per heavy atom. The summed E-state index contributed by atoms with van der Waals surface area (Å²) in [6.07, 6.45) is 11.1. The minimum atomic E-state index is 0.734. The van der Waals surface area contributed by atoms with E-state index in [1.807, 2.05) is 0 Å². The van der Waals surface area contributed by atoms with Crippen LogP contribution in [0, 0.1) is 0 Å². The molecule has 1 aliphatic rings. The van der Waals surface area contributed by atoms with Crippen LogP contribution in [0.5, 0.6) is 0 Å². The molecule has 84 valence electrons. The van der Waals surface area contributed by atoms with Crippen molar-refractivity contribution in [1.82, 2.24) is 5.32 Å². The highest BCUT2D eigenvalue weighted by Crippen LogP contribution is 2.18. The number of nitrogens with one attached hydrogen (secondary N) is 1. The predicted octanol–water partition coefficient (Wildman–Crippen LogP) is 3.86. The molecule has 0 spiro atoms. The Labute approximate surface area is 97.2 Å². The van der Waals surface area contributed by atoms with E-state index < -0.39 is 0 Å². The number of alkyl halides is 1. The number of halogens is 1. The van der Waals surface area contributed by atoms with Crippen molar-refractivity contribution in [3.63, 3.8) is 0 Å². The highest BCUT2D eigenvalue weighted by Gasteiger charge is 2.15. The average molecular weight is 262 g/mol. The maximum Gasteiger partial charge on any atom is 0.00749 e. The van der Waals surface area contributed by atoms with Gasteiger partial charge < -0.3 is 5.32 Å². The Morgan fingerprint density at radius 3 is 2.36 bits per heavy atom. The van der Waals surface area contributed by atoms with E-state index in [4.69, 9.17) is 0 Å². The second kappa shape index (κ2) is 7.70. The van der Waals surface area contributed by atoms with Gasteiger partial charge in [0.05, 0.1) is 0 Å². The van der Waals surface area contributed by atoms with Gasteiger partial charge in [0, 0.05) is 17.4 Å². The summed E-state index contributed by atoms with van der Waals surface area (Å²) in [5, 5.41) is 4.95. The summed E-state index contributed by atoms with van der Waals surface area (Å²) in [6.45, 7) is 2.29. The first-order valence-electron chi connectivity index (χ1n) is 6.18. The largest absolute Gasteiger partial charge is 0.311 e. The number of rotatable bonds is 5. The minimum Gasteiger partial charge on any atom is -0.311 e. The Bertz CT molecular complexity index is 130. The lowest BCUT2D eigenvalue weighted by Crippen LogP contribution is -2.37. The number of hydrogen-bond acceptors (Lipinski definition) is 1. The third-order valence-corrected chi connectivity index (χ3v) is 3.73. The normalized spacial score (nSPS) is 21.9. The first kappa shape index (κ1) is 12.5. The molecule has 2 heteroatoms. The van der Waals surface area contributed by atoms with E-state index in [0.29, 0.717) is 0 Å². The maximum absolute atomic E-state index is 3.82. The lowest BCUT2D eigenvalue weighted by Gasteiger charge is -2.23. The van der Waals surface area contributed by atoms with Crippen LogP contribution in [0.3, 0.4) is 0 Å². The van der Waals surface area contributed by atoms with Gasteiger partial charge in [-0.2, -0.15) is 0 Å². The predicted molar refractivity (Wildman–Crippen MR) is 67.1 cm³/mol. The van der Waals surface area contributed by atoms with Gasteiger partial charge in [0.15, 0.2) is 0 Å². The molecule has 1 rings (SSSR count). The lowest BCUT2D eigenvalue weighted by atomic mass is 10.1. The third-order valence-electron chi connectivity index (χ3n) is 3.28. The first-order chi connectivity index (χ1) is 6.86. The first-order valence-corrected chi connectivity index (χ1v) is 7.31. The number of hydrogen-bond donors (Lipinski definition) is 1. The molecule has 0 heterocycles. The third kappa shape index (κ3) is 4.79. The molecule has 1 unspecified atom stereocenters. The Hall–Kier alpha value is 0.440. The standard InChI is InChI=1S/C12H24BrN/c1-2-11(9-10-13)14-12-7-5-3-4-6-8-12/h11-12,14H,2-10H2,1H3. The van der Waals surface area contributed by atoms with Gasteiger partial charge in [-0.1, -0.05) is 48.5 Å². The summed E-state index contributed by atoms with van der Waals surface area (Å²) >= 11 is 3.53. The van der Waals surface area contributed by atoms with Gasteiger partial charge in [0.2, 0.25) is 0 Å². The van der Waals surface area contributed by atoms with Gasteiger partial charge in [-0.05, 0) is 25.7 Å². The fraction of sp³-hybridized carbons (Fsp3) is 1.00. The van der Waals surface area contributed by atoms with Crippen LogP contribution < -0.4 is 5.32 Å². The van der Waals surface area contributed by atoms with Gasteiger partial charge in [0.25, 0.3) is 0 Å². The van der Waals surface area contributed by atoms with E-state index in [0.717, 1.165) is 17.4 Å². The molecule has 1 saturated carbocycles. The summed E-state index contributed by atoms with van der Waals surface area (Å²) in [5.74, 6) is 0. The van der Waals surface area contributed by atoms with Gasteiger partial charge in [0.1, 0.15) is 0 Å². The molecule has 0 amide bonds. The summed E-state index contributed by atoms with van der Waals surface area (Å²) in [4.78, 5) is 0. The van der Waals surface area contributed by atoms with Crippen molar-refractivity contribution in [2.45, 2.75) is 70.4 Å². The quantitative estimate of drug-likeness (QED) is 0.586. The van der Waals surface area contributed by atoms with Crippen LogP contribution in [0.1, 0.15) is 58.3 Å². The van der Waals surface area contributed by atoms with Crippen molar-refractivity contribution in [3.05, 3.63) is 0 Å². The molecule has 1 N–H and O–H groups in total. The summed E-state index contributed by atoms with van der Waals surface area (Å²) in [7, 11) is 0. The molecule has 1 nitrogen and oxygen atoms in total. The molecule has 0 bridgehead atoms. The molecule has 0 radical (unpaired) electrons. The van der Waals surface area contributed by atoms with E-state index in [-0.39, 0.29) is 0 Å². The van der Waals surface area contributed by atoms with Gasteiger partial charge in [-0.3, -0.25) is 0 Å². The topological polar surface area (TPSA) is 12.0 Å². The van der Waals surface area contributed by atoms with Gasteiger partial charge in [-0.25, -0.2) is 0 Å². The molecule has 0 aromatic carbocycles. The van der Waals surface area contributed by atoms with Crippen molar-refractivity contribution in [3.8, 4) is 0 Å². The highest BCUT2D eigenvalue weighted by molar-refractivity contribution is 9.09. The Morgan fingerprint density at radius 1 is 1.21 bits per heavy atom. The molecule has 1 aliphatic carbocycles. The monoisotopic (exact) mass is 261 g/mol. The summed E-state index contributed by atoms with van der Waals surface area (Å²) < 4.78 is 0. The van der Waals surface area contributed by atoms with E-state index in [9.17, 15) is 0 Å². The van der Waals surface area contributed by atoms with Crippen LogP contribution in [0.25, 0.3) is 0 Å².